The van der Waals surface area contributed by atoms with E-state index in [0.717, 1.165) is 5.56 Å². The summed E-state index contributed by atoms with van der Waals surface area (Å²) in [5.41, 5.74) is 6.65. The highest BCUT2D eigenvalue weighted by Gasteiger charge is 2.09. The fraction of sp³-hybridized carbons (Fsp3) is 0.357. The van der Waals surface area contributed by atoms with E-state index in [4.69, 9.17) is 5.73 Å². The van der Waals surface area contributed by atoms with Crippen LogP contribution in [-0.2, 0) is 0 Å². The number of hydrogen-bond acceptors (Lipinski definition) is 2. The second-order valence-electron chi connectivity index (χ2n) is 4.16. The van der Waals surface area contributed by atoms with Crippen molar-refractivity contribution >= 4 is 5.91 Å². The molecule has 0 atom stereocenters. The number of nitrogens with two attached hydrogens (primary N) is 1. The first kappa shape index (κ1) is 13.3. The van der Waals surface area contributed by atoms with Crippen molar-refractivity contribution in [3.05, 3.63) is 35.4 Å². The first-order chi connectivity index (χ1) is 8.15. The minimum absolute atomic E-state index is 0.0828. The highest BCUT2D eigenvalue weighted by atomic mass is 16.1. The van der Waals surface area contributed by atoms with Gasteiger partial charge in [0.1, 0.15) is 0 Å². The lowest BCUT2D eigenvalue weighted by molar-refractivity contribution is 0.0949. The predicted molar refractivity (Wildman–Crippen MR) is 69.5 cm³/mol. The van der Waals surface area contributed by atoms with Gasteiger partial charge in [-0.15, -0.1) is 0 Å². The summed E-state index contributed by atoms with van der Waals surface area (Å²) in [7, 11) is 0. The number of carbonyl (C=O) groups excluding carboxylic acids is 1. The van der Waals surface area contributed by atoms with Crippen molar-refractivity contribution in [1.29, 1.82) is 0 Å². The lowest BCUT2D eigenvalue weighted by Crippen LogP contribution is -2.27. The van der Waals surface area contributed by atoms with Gasteiger partial charge >= 0.3 is 0 Å². The Morgan fingerprint density at radius 2 is 2.12 bits per heavy atom. The molecule has 3 heteroatoms. The van der Waals surface area contributed by atoms with Crippen molar-refractivity contribution in [2.45, 2.75) is 13.8 Å². The lowest BCUT2D eigenvalue weighted by atomic mass is 10.1. The number of rotatable bonds is 3. The van der Waals surface area contributed by atoms with Gasteiger partial charge in [-0.2, -0.15) is 0 Å². The average Bonchev–Trinajstić information content (AvgIpc) is 2.33. The highest BCUT2D eigenvalue weighted by Crippen LogP contribution is 2.07. The third kappa shape index (κ3) is 4.29. The van der Waals surface area contributed by atoms with Crippen LogP contribution in [0.2, 0.25) is 0 Å². The molecule has 0 bridgehead atoms. The smallest absolute Gasteiger partial charge is 0.252 e. The van der Waals surface area contributed by atoms with Crippen LogP contribution in [0.15, 0.2) is 24.3 Å². The molecule has 3 nitrogen and oxygen atoms in total. The SMILES string of the molecule is CC(C)CNC(=O)c1ccccc1C#CCN. The topological polar surface area (TPSA) is 55.1 Å². The minimum atomic E-state index is -0.0828. The fourth-order valence-corrected chi connectivity index (χ4v) is 1.33. The molecule has 0 saturated carbocycles. The molecule has 0 unspecified atom stereocenters. The molecule has 0 radical (unpaired) electrons. The van der Waals surface area contributed by atoms with Crippen molar-refractivity contribution in [3.8, 4) is 11.8 Å². The van der Waals surface area contributed by atoms with Crippen molar-refractivity contribution in [1.82, 2.24) is 5.32 Å². The molecule has 1 rings (SSSR count). The van der Waals surface area contributed by atoms with Crippen LogP contribution in [0.25, 0.3) is 0 Å². The Morgan fingerprint density at radius 3 is 2.76 bits per heavy atom. The maximum atomic E-state index is 11.9. The van der Waals surface area contributed by atoms with E-state index in [1.165, 1.54) is 0 Å². The van der Waals surface area contributed by atoms with Gasteiger partial charge in [-0.1, -0.05) is 37.8 Å². The van der Waals surface area contributed by atoms with E-state index >= 15 is 0 Å². The highest BCUT2D eigenvalue weighted by molar-refractivity contribution is 5.96. The Bertz CT molecular complexity index is 441. The van der Waals surface area contributed by atoms with E-state index < -0.39 is 0 Å². The van der Waals surface area contributed by atoms with Gasteiger partial charge in [0.2, 0.25) is 0 Å². The third-order valence-corrected chi connectivity index (χ3v) is 2.17. The van der Waals surface area contributed by atoms with E-state index in [1.54, 1.807) is 6.07 Å². The second kappa shape index (κ2) is 6.72. The molecule has 17 heavy (non-hydrogen) atoms. The van der Waals surface area contributed by atoms with Crippen LogP contribution in [0.3, 0.4) is 0 Å². The lowest BCUT2D eigenvalue weighted by Gasteiger charge is -2.08. The van der Waals surface area contributed by atoms with E-state index in [1.807, 2.05) is 18.2 Å². The largest absolute Gasteiger partial charge is 0.352 e. The zero-order valence-electron chi connectivity index (χ0n) is 10.3. The molecular weight excluding hydrogens is 212 g/mol. The molecule has 90 valence electrons. The van der Waals surface area contributed by atoms with Crippen LogP contribution >= 0.6 is 0 Å². The summed E-state index contributed by atoms with van der Waals surface area (Å²) in [5, 5.41) is 2.88. The molecule has 1 amide bonds. The molecule has 3 N–H and O–H groups in total. The Labute approximate surface area is 102 Å². The summed E-state index contributed by atoms with van der Waals surface area (Å²) in [6, 6.07) is 7.29. The van der Waals surface area contributed by atoms with E-state index in [9.17, 15) is 4.79 Å². The second-order valence-corrected chi connectivity index (χ2v) is 4.16. The molecular formula is C14H18N2O. The molecule has 0 aliphatic rings. The molecule has 0 spiro atoms. The van der Waals surface area contributed by atoms with Gasteiger partial charge in [-0.05, 0) is 18.1 Å². The minimum Gasteiger partial charge on any atom is -0.352 e. The first-order valence-corrected chi connectivity index (χ1v) is 5.71. The van der Waals surface area contributed by atoms with Gasteiger partial charge in [0.05, 0.1) is 12.1 Å². The number of carbonyl (C=O) groups is 1. The van der Waals surface area contributed by atoms with Gasteiger partial charge in [0.25, 0.3) is 5.91 Å². The van der Waals surface area contributed by atoms with Crippen molar-refractivity contribution in [2.75, 3.05) is 13.1 Å². The Morgan fingerprint density at radius 1 is 1.41 bits per heavy atom. The zero-order chi connectivity index (χ0) is 12.7. The molecule has 0 saturated heterocycles. The Balaban J connectivity index is 2.85. The van der Waals surface area contributed by atoms with E-state index in [-0.39, 0.29) is 5.91 Å². The number of amides is 1. The quantitative estimate of drug-likeness (QED) is 0.771. The molecule has 0 heterocycles. The fourth-order valence-electron chi connectivity index (χ4n) is 1.33. The summed E-state index contributed by atoms with van der Waals surface area (Å²) in [6.45, 7) is 5.07. The molecule has 0 fully saturated rings. The summed E-state index contributed by atoms with van der Waals surface area (Å²) in [4.78, 5) is 11.9. The van der Waals surface area contributed by atoms with Crippen LogP contribution in [0, 0.1) is 17.8 Å². The standard InChI is InChI=1S/C14H18N2O/c1-11(2)10-16-14(17)13-8-4-3-6-12(13)7-5-9-15/h3-4,6,8,11H,9-10,15H2,1-2H3,(H,16,17). The summed E-state index contributed by atoms with van der Waals surface area (Å²) in [6.07, 6.45) is 0. The molecule has 0 aromatic heterocycles. The number of nitrogens with one attached hydrogen (secondary N) is 1. The maximum Gasteiger partial charge on any atom is 0.252 e. The van der Waals surface area contributed by atoms with Crippen LogP contribution in [0.1, 0.15) is 29.8 Å². The van der Waals surface area contributed by atoms with Gasteiger partial charge in [-0.3, -0.25) is 4.79 Å². The predicted octanol–water partition coefficient (Wildman–Crippen LogP) is 1.38. The van der Waals surface area contributed by atoms with Gasteiger partial charge in [0, 0.05) is 12.1 Å². The normalized spacial score (nSPS) is 9.65. The molecule has 1 aromatic rings. The Hall–Kier alpha value is -1.79. The van der Waals surface area contributed by atoms with Crippen LogP contribution in [-0.4, -0.2) is 19.0 Å². The van der Waals surface area contributed by atoms with Crippen LogP contribution in [0.5, 0.6) is 0 Å². The molecule has 1 aromatic carbocycles. The van der Waals surface area contributed by atoms with Gasteiger partial charge < -0.3 is 11.1 Å². The summed E-state index contributed by atoms with van der Waals surface area (Å²) >= 11 is 0. The molecule has 0 aliphatic carbocycles. The third-order valence-electron chi connectivity index (χ3n) is 2.17. The number of benzene rings is 1. The van der Waals surface area contributed by atoms with Crippen molar-refractivity contribution in [2.24, 2.45) is 11.7 Å². The first-order valence-electron chi connectivity index (χ1n) is 5.71. The van der Waals surface area contributed by atoms with Crippen LogP contribution < -0.4 is 11.1 Å². The number of hydrogen-bond donors (Lipinski definition) is 2. The van der Waals surface area contributed by atoms with Crippen LogP contribution in [0.4, 0.5) is 0 Å². The van der Waals surface area contributed by atoms with E-state index in [2.05, 4.69) is 31.0 Å². The summed E-state index contributed by atoms with van der Waals surface area (Å²) in [5.74, 6) is 6.02. The van der Waals surface area contributed by atoms with Gasteiger partial charge in [-0.25, -0.2) is 0 Å². The maximum absolute atomic E-state index is 11.9. The Kier molecular flexibility index (Phi) is 5.25. The van der Waals surface area contributed by atoms with Crippen molar-refractivity contribution in [3.63, 3.8) is 0 Å². The zero-order valence-corrected chi connectivity index (χ0v) is 10.3. The van der Waals surface area contributed by atoms with Crippen molar-refractivity contribution < 1.29 is 4.79 Å². The van der Waals surface area contributed by atoms with E-state index in [0.29, 0.717) is 24.6 Å². The molecule has 0 aliphatic heterocycles. The van der Waals surface area contributed by atoms with Gasteiger partial charge in [0.15, 0.2) is 0 Å². The monoisotopic (exact) mass is 230 g/mol. The summed E-state index contributed by atoms with van der Waals surface area (Å²) < 4.78 is 0. The average molecular weight is 230 g/mol.